The van der Waals surface area contributed by atoms with Crippen LogP contribution in [0.2, 0.25) is 0 Å². The first-order valence-corrected chi connectivity index (χ1v) is 5.40. The molecule has 1 N–H and O–H groups in total. The third-order valence-corrected chi connectivity index (χ3v) is 2.50. The van der Waals surface area contributed by atoms with Crippen LogP contribution in [0.3, 0.4) is 0 Å². The van der Waals surface area contributed by atoms with Crippen molar-refractivity contribution in [1.29, 1.82) is 0 Å². The fraction of sp³-hybridized carbons (Fsp3) is 0.0833. The van der Waals surface area contributed by atoms with Gasteiger partial charge in [0.1, 0.15) is 0 Å². The number of nitrogens with one attached hydrogen (secondary N) is 1. The lowest BCUT2D eigenvalue weighted by atomic mass is 10.3. The normalized spacial score (nSPS) is 10.8. The topological polar surface area (TPSA) is 55.6 Å². The number of halogens is 1. The molecule has 3 aromatic rings. The molecule has 2 heterocycles. The summed E-state index contributed by atoms with van der Waals surface area (Å²) in [6.07, 6.45) is 3.33. The van der Waals surface area contributed by atoms with Gasteiger partial charge < -0.3 is 5.32 Å². The monoisotopic (exact) mass is 243 g/mol. The predicted molar refractivity (Wildman–Crippen MR) is 66.0 cm³/mol. The first-order valence-electron chi connectivity index (χ1n) is 5.40. The van der Waals surface area contributed by atoms with Crippen LogP contribution >= 0.6 is 0 Å². The van der Waals surface area contributed by atoms with Gasteiger partial charge in [0.05, 0.1) is 22.9 Å². The van der Waals surface area contributed by atoms with E-state index in [1.807, 2.05) is 6.07 Å². The smallest absolute Gasteiger partial charge is 0.256 e. The lowest BCUT2D eigenvalue weighted by molar-refractivity contribution is 0.588. The van der Waals surface area contributed by atoms with E-state index in [0.29, 0.717) is 16.7 Å². The van der Waals surface area contributed by atoms with Gasteiger partial charge in [-0.05, 0) is 12.1 Å². The summed E-state index contributed by atoms with van der Waals surface area (Å²) in [5.41, 5.74) is 1.85. The number of benzene rings is 1. The SMILES string of the molecule is Cn1cc(Nc2nc3ccccc3nc2F)cn1. The summed E-state index contributed by atoms with van der Waals surface area (Å²) in [6, 6.07) is 7.14. The minimum Gasteiger partial charge on any atom is -0.334 e. The van der Waals surface area contributed by atoms with Gasteiger partial charge >= 0.3 is 0 Å². The van der Waals surface area contributed by atoms with Crippen molar-refractivity contribution in [3.8, 4) is 0 Å². The molecule has 5 nitrogen and oxygen atoms in total. The molecule has 6 heteroatoms. The number of hydrogen-bond acceptors (Lipinski definition) is 4. The van der Waals surface area contributed by atoms with E-state index in [1.165, 1.54) is 0 Å². The molecule has 0 bridgehead atoms. The average molecular weight is 243 g/mol. The molecule has 0 fully saturated rings. The molecule has 0 atom stereocenters. The average Bonchev–Trinajstić information content (AvgIpc) is 2.76. The Labute approximate surface area is 102 Å². The van der Waals surface area contributed by atoms with Crippen LogP contribution in [0.4, 0.5) is 15.9 Å². The van der Waals surface area contributed by atoms with Crippen molar-refractivity contribution >= 4 is 22.5 Å². The Bertz CT molecular complexity index is 707. The van der Waals surface area contributed by atoms with E-state index in [-0.39, 0.29) is 5.82 Å². The van der Waals surface area contributed by atoms with Gasteiger partial charge in [-0.1, -0.05) is 12.1 Å². The fourth-order valence-corrected chi connectivity index (χ4v) is 1.68. The summed E-state index contributed by atoms with van der Waals surface area (Å²) in [4.78, 5) is 8.05. The minimum absolute atomic E-state index is 0.0988. The van der Waals surface area contributed by atoms with E-state index in [9.17, 15) is 4.39 Å². The molecule has 0 aliphatic rings. The minimum atomic E-state index is -0.627. The Balaban J connectivity index is 2.03. The predicted octanol–water partition coefficient (Wildman–Crippen LogP) is 2.25. The quantitative estimate of drug-likeness (QED) is 0.750. The maximum Gasteiger partial charge on any atom is 0.256 e. The van der Waals surface area contributed by atoms with Gasteiger partial charge in [-0.15, -0.1) is 0 Å². The zero-order valence-electron chi connectivity index (χ0n) is 9.63. The molecule has 1 aromatic carbocycles. The summed E-state index contributed by atoms with van der Waals surface area (Å²) in [7, 11) is 1.79. The molecule has 0 saturated heterocycles. The fourth-order valence-electron chi connectivity index (χ4n) is 1.68. The van der Waals surface area contributed by atoms with Crippen molar-refractivity contribution in [2.45, 2.75) is 0 Å². The second-order valence-electron chi connectivity index (χ2n) is 3.88. The van der Waals surface area contributed by atoms with E-state index in [1.54, 1.807) is 42.3 Å². The van der Waals surface area contributed by atoms with Crippen LogP contribution < -0.4 is 5.32 Å². The van der Waals surface area contributed by atoms with Gasteiger partial charge in [0.2, 0.25) is 0 Å². The zero-order valence-corrected chi connectivity index (χ0v) is 9.63. The Hall–Kier alpha value is -2.50. The number of anilines is 2. The number of aryl methyl sites for hydroxylation is 1. The van der Waals surface area contributed by atoms with Crippen LogP contribution in [-0.2, 0) is 7.05 Å². The second kappa shape index (κ2) is 4.06. The maximum atomic E-state index is 13.7. The molecule has 2 aromatic heterocycles. The lowest BCUT2D eigenvalue weighted by Crippen LogP contribution is -1.99. The Morgan fingerprint density at radius 1 is 1.17 bits per heavy atom. The highest BCUT2D eigenvalue weighted by Gasteiger charge is 2.08. The van der Waals surface area contributed by atoms with Crippen molar-refractivity contribution in [1.82, 2.24) is 19.7 Å². The van der Waals surface area contributed by atoms with Crippen molar-refractivity contribution in [2.75, 3.05) is 5.32 Å². The maximum absolute atomic E-state index is 13.7. The standard InChI is InChI=1S/C12H10FN5/c1-18-7-8(6-14-18)15-12-11(13)16-9-4-2-3-5-10(9)17-12/h2-7H,1H3,(H,15,17). The van der Waals surface area contributed by atoms with E-state index in [0.717, 1.165) is 0 Å². The molecule has 0 radical (unpaired) electrons. The number of rotatable bonds is 2. The number of hydrogen-bond donors (Lipinski definition) is 1. The number of aromatic nitrogens is 4. The van der Waals surface area contributed by atoms with Crippen LogP contribution in [0, 0.1) is 5.95 Å². The van der Waals surface area contributed by atoms with Crippen molar-refractivity contribution in [2.24, 2.45) is 7.05 Å². The van der Waals surface area contributed by atoms with Gasteiger partial charge in [0, 0.05) is 13.2 Å². The van der Waals surface area contributed by atoms with Gasteiger partial charge in [-0.3, -0.25) is 4.68 Å². The van der Waals surface area contributed by atoms with E-state index < -0.39 is 5.95 Å². The molecular formula is C12H10FN5. The first kappa shape index (κ1) is 10.6. The largest absolute Gasteiger partial charge is 0.334 e. The molecule has 0 amide bonds. The summed E-state index contributed by atoms with van der Waals surface area (Å²) < 4.78 is 15.4. The molecule has 3 rings (SSSR count). The highest BCUT2D eigenvalue weighted by Crippen LogP contribution is 2.19. The van der Waals surface area contributed by atoms with Crippen molar-refractivity contribution < 1.29 is 4.39 Å². The zero-order chi connectivity index (χ0) is 12.5. The molecule has 0 aliphatic heterocycles. The van der Waals surface area contributed by atoms with Crippen LogP contribution in [0.25, 0.3) is 11.0 Å². The number of nitrogens with zero attached hydrogens (tertiary/aromatic N) is 4. The van der Waals surface area contributed by atoms with Gasteiger partial charge in [0.25, 0.3) is 5.95 Å². The lowest BCUT2D eigenvalue weighted by Gasteiger charge is -2.04. The summed E-state index contributed by atoms with van der Waals surface area (Å²) in [5.74, 6) is -0.528. The highest BCUT2D eigenvalue weighted by molar-refractivity contribution is 5.76. The summed E-state index contributed by atoms with van der Waals surface area (Å²) in [6.45, 7) is 0. The van der Waals surface area contributed by atoms with E-state index in [2.05, 4.69) is 20.4 Å². The second-order valence-corrected chi connectivity index (χ2v) is 3.88. The van der Waals surface area contributed by atoms with Crippen molar-refractivity contribution in [3.05, 3.63) is 42.6 Å². The van der Waals surface area contributed by atoms with Crippen LogP contribution in [-0.4, -0.2) is 19.7 Å². The van der Waals surface area contributed by atoms with Crippen molar-refractivity contribution in [3.63, 3.8) is 0 Å². The van der Waals surface area contributed by atoms with Crippen LogP contribution in [0.15, 0.2) is 36.7 Å². The molecule has 90 valence electrons. The van der Waals surface area contributed by atoms with Crippen LogP contribution in [0.1, 0.15) is 0 Å². The number of fused-ring (bicyclic) bond motifs is 1. The summed E-state index contributed by atoms with van der Waals surface area (Å²) in [5, 5.41) is 6.84. The molecular weight excluding hydrogens is 233 g/mol. The third-order valence-electron chi connectivity index (χ3n) is 2.50. The van der Waals surface area contributed by atoms with Gasteiger partial charge in [-0.2, -0.15) is 9.49 Å². The van der Waals surface area contributed by atoms with E-state index in [4.69, 9.17) is 0 Å². The Morgan fingerprint density at radius 3 is 2.56 bits per heavy atom. The van der Waals surface area contributed by atoms with E-state index >= 15 is 0 Å². The molecule has 0 spiro atoms. The Kier molecular flexibility index (Phi) is 2.40. The van der Waals surface area contributed by atoms with Crippen LogP contribution in [0.5, 0.6) is 0 Å². The van der Waals surface area contributed by atoms with Gasteiger partial charge in [0.15, 0.2) is 5.82 Å². The Morgan fingerprint density at radius 2 is 1.89 bits per heavy atom. The molecule has 0 aliphatic carbocycles. The highest BCUT2D eigenvalue weighted by atomic mass is 19.1. The summed E-state index contributed by atoms with van der Waals surface area (Å²) >= 11 is 0. The number of para-hydroxylation sites is 2. The third kappa shape index (κ3) is 1.88. The molecule has 0 saturated carbocycles. The first-order chi connectivity index (χ1) is 8.72. The molecule has 18 heavy (non-hydrogen) atoms. The van der Waals surface area contributed by atoms with Gasteiger partial charge in [-0.25, -0.2) is 9.97 Å². The molecule has 0 unspecified atom stereocenters.